The molecule has 2 heterocycles. The number of carbonyl (C=O) groups is 3. The summed E-state index contributed by atoms with van der Waals surface area (Å²) in [6.45, 7) is -0.484. The summed E-state index contributed by atoms with van der Waals surface area (Å²) in [4.78, 5) is 60.7. The van der Waals surface area contributed by atoms with Crippen LogP contribution in [0.5, 0.6) is 5.75 Å². The lowest BCUT2D eigenvalue weighted by Gasteiger charge is -2.52. The molecule has 2 saturated heterocycles. The van der Waals surface area contributed by atoms with Crippen molar-refractivity contribution < 1.29 is 33.6 Å². The van der Waals surface area contributed by atoms with E-state index in [1.165, 1.54) is 40.9 Å². The highest BCUT2D eigenvalue weighted by Crippen LogP contribution is 2.40. The lowest BCUT2D eigenvalue weighted by molar-refractivity contribution is -0.384. The minimum Gasteiger partial charge on any atom is -0.484 e. The fourth-order valence-electron chi connectivity index (χ4n) is 3.66. The van der Waals surface area contributed by atoms with Crippen molar-refractivity contribution in [2.24, 2.45) is 0 Å². The maximum Gasteiger partial charge on any atom is 0.334 e. The van der Waals surface area contributed by atoms with E-state index in [1.807, 2.05) is 6.07 Å². The molecule has 2 amide bonds. The highest BCUT2D eigenvalue weighted by atomic mass is 32.2. The Morgan fingerprint density at radius 3 is 2.54 bits per heavy atom. The van der Waals surface area contributed by atoms with Gasteiger partial charge in [0.15, 0.2) is 12.6 Å². The average molecular weight is 497 g/mol. The number of carbonyl (C=O) groups excluding carboxylic acids is 4. The first-order chi connectivity index (χ1) is 16.9. The number of amides is 2. The van der Waals surface area contributed by atoms with Crippen LogP contribution >= 0.6 is 11.8 Å². The Hall–Kier alpha value is -4.15. The van der Waals surface area contributed by atoms with Gasteiger partial charge in [-0.25, -0.2) is 9.59 Å². The summed E-state index contributed by atoms with van der Waals surface area (Å²) in [6.07, 6.45) is 0. The molecule has 2 unspecified atom stereocenters. The highest BCUT2D eigenvalue weighted by molar-refractivity contribution is 8.00. The van der Waals surface area contributed by atoms with Gasteiger partial charge in [0.05, 0.1) is 10.5 Å². The Morgan fingerprint density at radius 2 is 1.89 bits per heavy atom. The predicted octanol–water partition coefficient (Wildman–Crippen LogP) is 1.24. The number of ether oxygens (including phenoxy) is 2. The van der Waals surface area contributed by atoms with Crippen LogP contribution in [-0.2, 0) is 30.5 Å². The molecule has 180 valence electrons. The first kappa shape index (κ1) is 24.0. The molecule has 0 radical (unpaired) electrons. The maximum absolute atomic E-state index is 12.8. The van der Waals surface area contributed by atoms with Crippen molar-refractivity contribution >= 4 is 41.2 Å². The minimum absolute atomic E-state index is 0.0606. The fraction of sp³-hybridized carbons (Fsp3) is 0.261. The summed E-state index contributed by atoms with van der Waals surface area (Å²) < 4.78 is 10.7. The third-order valence-electron chi connectivity index (χ3n) is 5.41. The van der Waals surface area contributed by atoms with Gasteiger partial charge in [0.1, 0.15) is 29.7 Å². The van der Waals surface area contributed by atoms with Gasteiger partial charge in [-0.3, -0.25) is 19.7 Å². The molecule has 0 spiro atoms. The topological polar surface area (TPSA) is 145 Å². The molecule has 2 fully saturated rings. The van der Waals surface area contributed by atoms with Gasteiger partial charge in [0.25, 0.3) is 11.6 Å². The average Bonchev–Trinajstić information content (AvgIpc) is 2.88. The van der Waals surface area contributed by atoms with Crippen LogP contribution in [-0.4, -0.2) is 63.4 Å². The standard InChI is InChI=1S/C23H19N3O8S/c27-10-15-13-35-22-19(24-18(28)12-33-17-4-2-1-3-5-17)21(29)25(22)20(15)23(30)34-11-14-6-8-16(9-7-14)26(31)32/h1-9,19-20,22H,11-13H2,(H,24,28)/t19?,20?,22-/m0/s1. The van der Waals surface area contributed by atoms with E-state index in [9.17, 15) is 29.3 Å². The third kappa shape index (κ3) is 5.18. The number of nitro groups is 1. The Bertz CT molecular complexity index is 1200. The van der Waals surface area contributed by atoms with Gasteiger partial charge in [-0.2, -0.15) is 0 Å². The van der Waals surface area contributed by atoms with Crippen LogP contribution in [0.3, 0.4) is 0 Å². The van der Waals surface area contributed by atoms with Crippen LogP contribution < -0.4 is 10.1 Å². The second-order valence-electron chi connectivity index (χ2n) is 7.66. The first-order valence-electron chi connectivity index (χ1n) is 10.4. The van der Waals surface area contributed by atoms with E-state index >= 15 is 0 Å². The largest absolute Gasteiger partial charge is 0.484 e. The Balaban J connectivity index is 1.36. The number of β-lactam (4-membered cyclic amide) rings is 1. The molecular formula is C23H19N3O8S. The van der Waals surface area contributed by atoms with Crippen LogP contribution in [0.2, 0.25) is 0 Å². The molecular weight excluding hydrogens is 478 g/mol. The van der Waals surface area contributed by atoms with Gasteiger partial charge in [-0.15, -0.1) is 11.8 Å². The molecule has 1 N–H and O–H groups in total. The van der Waals surface area contributed by atoms with Crippen molar-refractivity contribution in [1.82, 2.24) is 10.2 Å². The molecule has 3 atom stereocenters. The Labute approximate surface area is 203 Å². The number of benzene rings is 2. The molecule has 0 aliphatic carbocycles. The van der Waals surface area contributed by atoms with Crippen LogP contribution in [0.1, 0.15) is 5.56 Å². The van der Waals surface area contributed by atoms with Crippen LogP contribution in [0, 0.1) is 10.1 Å². The molecule has 0 saturated carbocycles. The van der Waals surface area contributed by atoms with Crippen molar-refractivity contribution in [1.29, 1.82) is 0 Å². The van der Waals surface area contributed by atoms with E-state index in [2.05, 4.69) is 5.32 Å². The summed E-state index contributed by atoms with van der Waals surface area (Å²) >= 11 is 1.23. The van der Waals surface area contributed by atoms with Gasteiger partial charge < -0.3 is 19.7 Å². The number of nitrogens with zero attached hydrogens (tertiary/aromatic N) is 2. The number of fused-ring (bicyclic) bond motifs is 1. The summed E-state index contributed by atoms with van der Waals surface area (Å²) in [5.74, 6) is 0.522. The number of hydrogen-bond acceptors (Lipinski definition) is 9. The van der Waals surface area contributed by atoms with E-state index < -0.39 is 40.2 Å². The molecule has 0 aromatic heterocycles. The molecule has 35 heavy (non-hydrogen) atoms. The Kier molecular flexibility index (Phi) is 7.14. The van der Waals surface area contributed by atoms with E-state index in [0.29, 0.717) is 11.3 Å². The number of hydrogen-bond donors (Lipinski definition) is 1. The summed E-state index contributed by atoms with van der Waals surface area (Å²) in [7, 11) is 0. The molecule has 2 aromatic carbocycles. The lowest BCUT2D eigenvalue weighted by atomic mass is 9.98. The fourth-order valence-corrected chi connectivity index (χ4v) is 4.99. The van der Waals surface area contributed by atoms with Crippen molar-refractivity contribution in [3.63, 3.8) is 0 Å². The number of non-ortho nitro benzene ring substituents is 1. The highest BCUT2D eigenvalue weighted by Gasteiger charge is 2.57. The van der Waals surface area contributed by atoms with Crippen LogP contribution in [0.25, 0.3) is 0 Å². The first-order valence-corrected chi connectivity index (χ1v) is 11.5. The summed E-state index contributed by atoms with van der Waals surface area (Å²) in [5, 5.41) is 12.8. The van der Waals surface area contributed by atoms with Crippen molar-refractivity contribution in [2.45, 2.75) is 24.1 Å². The Morgan fingerprint density at radius 1 is 1.17 bits per heavy atom. The molecule has 2 aliphatic rings. The quantitative estimate of drug-likeness (QED) is 0.187. The third-order valence-corrected chi connectivity index (χ3v) is 6.73. The van der Waals surface area contributed by atoms with Crippen LogP contribution in [0.4, 0.5) is 5.69 Å². The number of para-hydroxylation sites is 1. The van der Waals surface area contributed by atoms with E-state index in [0.717, 1.165) is 0 Å². The van der Waals surface area contributed by atoms with Crippen molar-refractivity contribution in [3.05, 3.63) is 75.8 Å². The molecule has 11 nitrogen and oxygen atoms in total. The maximum atomic E-state index is 12.8. The number of esters is 1. The zero-order valence-corrected chi connectivity index (χ0v) is 18.9. The predicted molar refractivity (Wildman–Crippen MR) is 123 cm³/mol. The SMILES string of the molecule is O=C=C1CS[C@H]2C(NC(=O)COc3ccccc3)C(=O)N2C1C(=O)OCc1ccc([N+](=O)[O-])cc1. The van der Waals surface area contributed by atoms with Gasteiger partial charge in [0.2, 0.25) is 5.91 Å². The van der Waals surface area contributed by atoms with Crippen molar-refractivity contribution in [3.8, 4) is 5.75 Å². The summed E-state index contributed by atoms with van der Waals surface area (Å²) in [6, 6.07) is 12.0. The lowest BCUT2D eigenvalue weighted by Crippen LogP contribution is -2.75. The summed E-state index contributed by atoms with van der Waals surface area (Å²) in [5.41, 5.74) is 0.457. The van der Waals surface area contributed by atoms with E-state index in [1.54, 1.807) is 30.2 Å². The second-order valence-corrected chi connectivity index (χ2v) is 8.76. The molecule has 2 aromatic rings. The van der Waals surface area contributed by atoms with Gasteiger partial charge in [-0.1, -0.05) is 18.2 Å². The monoisotopic (exact) mass is 497 g/mol. The molecule has 2 aliphatic heterocycles. The number of nitro benzene ring substituents is 1. The van der Waals surface area contributed by atoms with E-state index in [-0.39, 0.29) is 30.2 Å². The molecule has 4 rings (SSSR count). The van der Waals surface area contributed by atoms with Crippen LogP contribution in [0.15, 0.2) is 60.2 Å². The van der Waals surface area contributed by atoms with E-state index in [4.69, 9.17) is 9.47 Å². The zero-order chi connectivity index (χ0) is 24.9. The second kappa shape index (κ2) is 10.4. The molecule has 12 heteroatoms. The molecule has 0 bridgehead atoms. The zero-order valence-electron chi connectivity index (χ0n) is 18.1. The minimum atomic E-state index is -1.25. The van der Waals surface area contributed by atoms with Gasteiger partial charge >= 0.3 is 5.97 Å². The smallest absolute Gasteiger partial charge is 0.334 e. The number of rotatable bonds is 8. The van der Waals surface area contributed by atoms with Gasteiger partial charge in [0, 0.05) is 17.9 Å². The number of nitrogens with one attached hydrogen (secondary N) is 1. The number of thioether (sulfide) groups is 1. The van der Waals surface area contributed by atoms with Gasteiger partial charge in [-0.05, 0) is 29.8 Å². The normalized spacial score (nSPS) is 20.7. The van der Waals surface area contributed by atoms with Crippen molar-refractivity contribution in [2.75, 3.05) is 12.4 Å².